The number of ether oxygens (including phenoxy) is 1. The van der Waals surface area contributed by atoms with E-state index in [9.17, 15) is 0 Å². The fraction of sp³-hybridized carbons (Fsp3) is 0.600. The molecule has 1 atom stereocenters. The van der Waals surface area contributed by atoms with Crippen LogP contribution in [-0.2, 0) is 0 Å². The van der Waals surface area contributed by atoms with Gasteiger partial charge in [-0.3, -0.25) is 4.90 Å². The van der Waals surface area contributed by atoms with Crippen LogP contribution >= 0.6 is 0 Å². The summed E-state index contributed by atoms with van der Waals surface area (Å²) in [7, 11) is 0. The Hall–Kier alpha value is -1.06. The van der Waals surface area contributed by atoms with Crippen LogP contribution in [0, 0.1) is 5.92 Å². The molecule has 3 nitrogen and oxygen atoms in total. The second kappa shape index (κ2) is 5.29. The van der Waals surface area contributed by atoms with Gasteiger partial charge in [0.15, 0.2) is 0 Å². The molecule has 0 bridgehead atoms. The SMILES string of the molecule is NCC1CCN(C2CCOc3ccccc32)CC1. The Balaban J connectivity index is 1.74. The zero-order valence-corrected chi connectivity index (χ0v) is 10.8. The molecule has 1 aromatic rings. The van der Waals surface area contributed by atoms with Gasteiger partial charge in [-0.1, -0.05) is 18.2 Å². The molecule has 2 heterocycles. The molecule has 2 aliphatic rings. The Bertz CT molecular complexity index is 399. The first kappa shape index (κ1) is 12.0. The van der Waals surface area contributed by atoms with Crippen LogP contribution in [0.2, 0.25) is 0 Å². The van der Waals surface area contributed by atoms with E-state index in [0.29, 0.717) is 6.04 Å². The zero-order chi connectivity index (χ0) is 12.4. The summed E-state index contributed by atoms with van der Waals surface area (Å²) in [4.78, 5) is 2.62. The van der Waals surface area contributed by atoms with Crippen LogP contribution in [0.25, 0.3) is 0 Å². The molecular formula is C15H22N2O. The van der Waals surface area contributed by atoms with Crippen LogP contribution < -0.4 is 10.5 Å². The highest BCUT2D eigenvalue weighted by atomic mass is 16.5. The van der Waals surface area contributed by atoms with Crippen molar-refractivity contribution in [3.63, 3.8) is 0 Å². The van der Waals surface area contributed by atoms with Crippen LogP contribution in [0.5, 0.6) is 5.75 Å². The Morgan fingerprint density at radius 1 is 1.17 bits per heavy atom. The predicted molar refractivity (Wildman–Crippen MR) is 72.6 cm³/mol. The van der Waals surface area contributed by atoms with Gasteiger partial charge >= 0.3 is 0 Å². The van der Waals surface area contributed by atoms with Crippen molar-refractivity contribution in [1.82, 2.24) is 4.90 Å². The van der Waals surface area contributed by atoms with Gasteiger partial charge in [-0.15, -0.1) is 0 Å². The highest BCUT2D eigenvalue weighted by Gasteiger charge is 2.29. The van der Waals surface area contributed by atoms with E-state index in [-0.39, 0.29) is 0 Å². The first-order valence-electron chi connectivity index (χ1n) is 7.04. The first-order chi connectivity index (χ1) is 8.88. The number of piperidine rings is 1. The van der Waals surface area contributed by atoms with Crippen molar-refractivity contribution >= 4 is 0 Å². The number of likely N-dealkylation sites (tertiary alicyclic amines) is 1. The normalized spacial score (nSPS) is 25.5. The van der Waals surface area contributed by atoms with E-state index in [0.717, 1.165) is 31.2 Å². The minimum Gasteiger partial charge on any atom is -0.493 e. The maximum Gasteiger partial charge on any atom is 0.124 e. The molecule has 2 aliphatic heterocycles. The maximum atomic E-state index is 5.77. The lowest BCUT2D eigenvalue weighted by molar-refractivity contribution is 0.101. The fourth-order valence-electron chi connectivity index (χ4n) is 3.20. The second-order valence-corrected chi connectivity index (χ2v) is 5.41. The summed E-state index contributed by atoms with van der Waals surface area (Å²) in [6.07, 6.45) is 3.61. The molecule has 1 unspecified atom stereocenters. The number of para-hydroxylation sites is 1. The lowest BCUT2D eigenvalue weighted by Gasteiger charge is -2.39. The minimum absolute atomic E-state index is 0.550. The van der Waals surface area contributed by atoms with Crippen LogP contribution in [0.1, 0.15) is 30.9 Å². The quantitative estimate of drug-likeness (QED) is 0.869. The van der Waals surface area contributed by atoms with Crippen LogP contribution in [0.3, 0.4) is 0 Å². The molecule has 1 saturated heterocycles. The van der Waals surface area contributed by atoms with Crippen LogP contribution in [-0.4, -0.2) is 31.1 Å². The number of hydrogen-bond acceptors (Lipinski definition) is 3. The van der Waals surface area contributed by atoms with E-state index in [4.69, 9.17) is 10.5 Å². The second-order valence-electron chi connectivity index (χ2n) is 5.41. The number of nitrogens with two attached hydrogens (primary N) is 1. The van der Waals surface area contributed by atoms with Crippen molar-refractivity contribution in [2.45, 2.75) is 25.3 Å². The monoisotopic (exact) mass is 246 g/mol. The van der Waals surface area contributed by atoms with Crippen molar-refractivity contribution in [1.29, 1.82) is 0 Å². The van der Waals surface area contributed by atoms with E-state index >= 15 is 0 Å². The molecule has 98 valence electrons. The average Bonchev–Trinajstić information content (AvgIpc) is 2.47. The lowest BCUT2D eigenvalue weighted by Crippen LogP contribution is -2.40. The summed E-state index contributed by atoms with van der Waals surface area (Å²) in [6, 6.07) is 9.03. The lowest BCUT2D eigenvalue weighted by atomic mass is 9.92. The largest absolute Gasteiger partial charge is 0.493 e. The molecule has 0 amide bonds. The van der Waals surface area contributed by atoms with Crippen molar-refractivity contribution in [2.24, 2.45) is 11.7 Å². The third kappa shape index (κ3) is 2.25. The Kier molecular flexibility index (Phi) is 3.52. The summed E-state index contributed by atoms with van der Waals surface area (Å²) in [5.74, 6) is 1.81. The van der Waals surface area contributed by atoms with Crippen molar-refractivity contribution < 1.29 is 4.74 Å². The average molecular weight is 246 g/mol. The number of rotatable bonds is 2. The van der Waals surface area contributed by atoms with E-state index < -0.39 is 0 Å². The smallest absolute Gasteiger partial charge is 0.124 e. The van der Waals surface area contributed by atoms with Crippen molar-refractivity contribution in [3.8, 4) is 5.75 Å². The summed E-state index contributed by atoms with van der Waals surface area (Å²) in [5, 5.41) is 0. The zero-order valence-electron chi connectivity index (χ0n) is 10.8. The van der Waals surface area contributed by atoms with Gasteiger partial charge in [0.25, 0.3) is 0 Å². The van der Waals surface area contributed by atoms with Crippen LogP contribution in [0.4, 0.5) is 0 Å². The molecule has 1 fully saturated rings. The molecule has 0 aromatic heterocycles. The van der Waals surface area contributed by atoms with Gasteiger partial charge in [0, 0.05) is 18.0 Å². The molecule has 0 aliphatic carbocycles. The minimum atomic E-state index is 0.550. The molecular weight excluding hydrogens is 224 g/mol. The highest BCUT2D eigenvalue weighted by molar-refractivity contribution is 5.37. The summed E-state index contributed by atoms with van der Waals surface area (Å²) < 4.78 is 5.74. The van der Waals surface area contributed by atoms with Crippen molar-refractivity contribution in [3.05, 3.63) is 29.8 Å². The van der Waals surface area contributed by atoms with Gasteiger partial charge in [0.05, 0.1) is 6.61 Å². The van der Waals surface area contributed by atoms with Gasteiger partial charge in [-0.25, -0.2) is 0 Å². The molecule has 0 spiro atoms. The van der Waals surface area contributed by atoms with E-state index in [1.807, 2.05) is 0 Å². The third-order valence-corrected chi connectivity index (χ3v) is 4.35. The maximum absolute atomic E-state index is 5.77. The predicted octanol–water partition coefficient (Wildman–Crippen LogP) is 2.18. The number of fused-ring (bicyclic) bond motifs is 1. The van der Waals surface area contributed by atoms with E-state index in [1.165, 1.54) is 31.5 Å². The summed E-state index contributed by atoms with van der Waals surface area (Å²) >= 11 is 0. The Morgan fingerprint density at radius 3 is 2.72 bits per heavy atom. The third-order valence-electron chi connectivity index (χ3n) is 4.35. The van der Waals surface area contributed by atoms with Gasteiger partial charge in [0.2, 0.25) is 0 Å². The number of benzene rings is 1. The van der Waals surface area contributed by atoms with Gasteiger partial charge in [-0.2, -0.15) is 0 Å². The molecule has 0 radical (unpaired) electrons. The molecule has 0 saturated carbocycles. The van der Waals surface area contributed by atoms with Gasteiger partial charge in [0.1, 0.15) is 5.75 Å². The van der Waals surface area contributed by atoms with Gasteiger partial charge in [-0.05, 0) is 44.5 Å². The van der Waals surface area contributed by atoms with E-state index in [1.54, 1.807) is 0 Å². The topological polar surface area (TPSA) is 38.5 Å². The fourth-order valence-corrected chi connectivity index (χ4v) is 3.20. The van der Waals surface area contributed by atoms with Gasteiger partial charge < -0.3 is 10.5 Å². The number of hydrogen-bond donors (Lipinski definition) is 1. The highest BCUT2D eigenvalue weighted by Crippen LogP contribution is 2.37. The Morgan fingerprint density at radius 2 is 1.94 bits per heavy atom. The Labute approximate surface area is 109 Å². The summed E-state index contributed by atoms with van der Waals surface area (Å²) in [5.41, 5.74) is 7.14. The van der Waals surface area contributed by atoms with Crippen LogP contribution in [0.15, 0.2) is 24.3 Å². The standard InChI is InChI=1S/C15H22N2O/c16-11-12-5-8-17(9-6-12)14-7-10-18-15-4-2-1-3-13(14)15/h1-4,12,14H,5-11,16H2. The van der Waals surface area contributed by atoms with Crippen molar-refractivity contribution in [2.75, 3.05) is 26.2 Å². The molecule has 1 aromatic carbocycles. The van der Waals surface area contributed by atoms with E-state index in [2.05, 4.69) is 29.2 Å². The summed E-state index contributed by atoms with van der Waals surface area (Å²) in [6.45, 7) is 4.05. The molecule has 18 heavy (non-hydrogen) atoms. The molecule has 3 rings (SSSR count). The number of nitrogens with zero attached hydrogens (tertiary/aromatic N) is 1. The molecule has 2 N–H and O–H groups in total. The first-order valence-corrected chi connectivity index (χ1v) is 7.04. The molecule has 3 heteroatoms.